The van der Waals surface area contributed by atoms with Crippen LogP contribution in [0.2, 0.25) is 0 Å². The van der Waals surface area contributed by atoms with E-state index in [1.807, 2.05) is 6.92 Å². The lowest BCUT2D eigenvalue weighted by molar-refractivity contribution is 0.0512. The third-order valence-electron chi connectivity index (χ3n) is 4.03. The quantitative estimate of drug-likeness (QED) is 0.651. The van der Waals surface area contributed by atoms with Crippen LogP contribution in [0.4, 0.5) is 5.82 Å². The van der Waals surface area contributed by atoms with Crippen molar-refractivity contribution in [2.75, 3.05) is 18.5 Å². The molecule has 2 heterocycles. The number of anilines is 1. The zero-order valence-electron chi connectivity index (χ0n) is 15.2. The minimum Gasteiger partial charge on any atom is -0.460 e. The van der Waals surface area contributed by atoms with Gasteiger partial charge in [0.25, 0.3) is 5.71 Å². The molecule has 0 saturated carbocycles. The van der Waals surface area contributed by atoms with Gasteiger partial charge < -0.3 is 14.6 Å². The van der Waals surface area contributed by atoms with Crippen LogP contribution < -0.4 is 5.32 Å². The number of aryl methyl sites for hydroxylation is 2. The molecule has 1 N–H and O–H groups in total. The Balaban J connectivity index is 1.85. The zero-order chi connectivity index (χ0) is 18.5. The Hall–Kier alpha value is -2.96. The molecule has 1 aromatic carbocycles. The van der Waals surface area contributed by atoms with E-state index >= 15 is 0 Å². The van der Waals surface area contributed by atoms with E-state index in [0.29, 0.717) is 24.2 Å². The molecule has 0 fully saturated rings. The molecule has 0 aliphatic carbocycles. The third-order valence-corrected chi connectivity index (χ3v) is 4.03. The van der Waals surface area contributed by atoms with Crippen LogP contribution in [0.5, 0.6) is 0 Å². The fraction of sp³-hybridized carbons (Fsp3) is 0.368. The van der Waals surface area contributed by atoms with Gasteiger partial charge in [-0.15, -0.1) is 0 Å². The summed E-state index contributed by atoms with van der Waals surface area (Å²) in [6.07, 6.45) is 1.51. The number of benzene rings is 1. The van der Waals surface area contributed by atoms with E-state index in [1.165, 1.54) is 11.1 Å². The molecule has 136 valence electrons. The predicted molar refractivity (Wildman–Crippen MR) is 98.3 cm³/mol. The number of hydrogen-bond donors (Lipinski definition) is 1. The number of esters is 1. The van der Waals surface area contributed by atoms with Crippen LogP contribution in [-0.4, -0.2) is 34.2 Å². The molecule has 0 aliphatic heterocycles. The second-order valence-corrected chi connectivity index (χ2v) is 5.94. The van der Waals surface area contributed by atoms with Crippen molar-refractivity contribution in [3.05, 3.63) is 46.9 Å². The van der Waals surface area contributed by atoms with Crippen molar-refractivity contribution in [3.8, 4) is 0 Å². The summed E-state index contributed by atoms with van der Waals surface area (Å²) < 4.78 is 10.3. The Morgan fingerprint density at radius 1 is 1.19 bits per heavy atom. The zero-order valence-corrected chi connectivity index (χ0v) is 15.2. The summed E-state index contributed by atoms with van der Waals surface area (Å²) in [6, 6.07) is 8.39. The minimum absolute atomic E-state index is 0.0315. The third kappa shape index (κ3) is 3.82. The van der Waals surface area contributed by atoms with Gasteiger partial charge in [0.2, 0.25) is 5.82 Å². The van der Waals surface area contributed by atoms with E-state index < -0.39 is 5.97 Å². The maximum Gasteiger partial charge on any atom is 0.376 e. The standard InChI is InChI=1S/C19H22N4O3/c1-4-14-15-16(20-11-10-13-8-6-12(3)7-9-13)21-17(19(24)25-5-2)22-18(15)26-23-14/h6-9H,4-5,10-11H2,1-3H3,(H,20,21,22). The van der Waals surface area contributed by atoms with Gasteiger partial charge in [0, 0.05) is 6.54 Å². The molecule has 0 saturated heterocycles. The average molecular weight is 354 g/mol. The van der Waals surface area contributed by atoms with Crippen LogP contribution in [0.3, 0.4) is 0 Å². The Kier molecular flexibility index (Phi) is 5.46. The number of carbonyl (C=O) groups is 1. The smallest absolute Gasteiger partial charge is 0.376 e. The molecule has 7 nitrogen and oxygen atoms in total. The number of hydrogen-bond acceptors (Lipinski definition) is 7. The first-order chi connectivity index (χ1) is 12.6. The fourth-order valence-corrected chi connectivity index (χ4v) is 2.65. The van der Waals surface area contributed by atoms with Gasteiger partial charge in [-0.1, -0.05) is 41.9 Å². The first-order valence-corrected chi connectivity index (χ1v) is 8.75. The molecule has 0 spiro atoms. The molecule has 0 aliphatic rings. The monoisotopic (exact) mass is 354 g/mol. The Bertz CT molecular complexity index is 903. The molecule has 0 atom stereocenters. The molecule has 7 heteroatoms. The molecule has 26 heavy (non-hydrogen) atoms. The van der Waals surface area contributed by atoms with E-state index in [9.17, 15) is 4.79 Å². The van der Waals surface area contributed by atoms with Crippen molar-refractivity contribution in [2.45, 2.75) is 33.6 Å². The highest BCUT2D eigenvalue weighted by molar-refractivity contribution is 5.93. The first-order valence-electron chi connectivity index (χ1n) is 8.75. The molecule has 0 unspecified atom stereocenters. The lowest BCUT2D eigenvalue weighted by atomic mass is 10.1. The fourth-order valence-electron chi connectivity index (χ4n) is 2.65. The molecular weight excluding hydrogens is 332 g/mol. The van der Waals surface area contributed by atoms with Crippen molar-refractivity contribution in [3.63, 3.8) is 0 Å². The molecule has 3 aromatic rings. The number of nitrogens with one attached hydrogen (secondary N) is 1. The van der Waals surface area contributed by atoms with Crippen LogP contribution in [0, 0.1) is 6.92 Å². The topological polar surface area (TPSA) is 90.1 Å². The van der Waals surface area contributed by atoms with Crippen molar-refractivity contribution in [1.29, 1.82) is 0 Å². The summed E-state index contributed by atoms with van der Waals surface area (Å²) in [7, 11) is 0. The number of nitrogens with zero attached hydrogens (tertiary/aromatic N) is 3. The second-order valence-electron chi connectivity index (χ2n) is 5.94. The van der Waals surface area contributed by atoms with E-state index in [1.54, 1.807) is 6.92 Å². The molecule has 2 aromatic heterocycles. The SMILES string of the molecule is CCOC(=O)c1nc(NCCc2ccc(C)cc2)c2c(CC)noc2n1. The highest BCUT2D eigenvalue weighted by Crippen LogP contribution is 2.25. The second kappa shape index (κ2) is 7.95. The highest BCUT2D eigenvalue weighted by atomic mass is 16.5. The molecule has 0 bridgehead atoms. The summed E-state index contributed by atoms with van der Waals surface area (Å²) in [4.78, 5) is 20.5. The van der Waals surface area contributed by atoms with Crippen LogP contribution >= 0.6 is 0 Å². The van der Waals surface area contributed by atoms with Gasteiger partial charge >= 0.3 is 5.97 Å². The summed E-state index contributed by atoms with van der Waals surface area (Å²) in [5.74, 6) is -0.0651. The summed E-state index contributed by atoms with van der Waals surface area (Å²) in [6.45, 7) is 6.70. The number of ether oxygens (including phenoxy) is 1. The summed E-state index contributed by atoms with van der Waals surface area (Å²) in [5.41, 5.74) is 3.50. The van der Waals surface area contributed by atoms with E-state index in [0.717, 1.165) is 12.1 Å². The highest BCUT2D eigenvalue weighted by Gasteiger charge is 2.20. The Morgan fingerprint density at radius 3 is 2.65 bits per heavy atom. The lowest BCUT2D eigenvalue weighted by Gasteiger charge is -2.09. The van der Waals surface area contributed by atoms with Crippen molar-refractivity contribution in [1.82, 2.24) is 15.1 Å². The number of rotatable bonds is 7. The lowest BCUT2D eigenvalue weighted by Crippen LogP contribution is -2.13. The number of fused-ring (bicyclic) bond motifs is 1. The van der Waals surface area contributed by atoms with E-state index in [-0.39, 0.29) is 18.1 Å². The Morgan fingerprint density at radius 2 is 1.96 bits per heavy atom. The summed E-state index contributed by atoms with van der Waals surface area (Å²) in [5, 5.41) is 8.03. The van der Waals surface area contributed by atoms with E-state index in [2.05, 4.69) is 51.6 Å². The van der Waals surface area contributed by atoms with Crippen LogP contribution in [-0.2, 0) is 17.6 Å². The predicted octanol–water partition coefficient (Wildman–Crippen LogP) is 3.32. The van der Waals surface area contributed by atoms with Crippen molar-refractivity contribution in [2.24, 2.45) is 0 Å². The maximum absolute atomic E-state index is 12.0. The van der Waals surface area contributed by atoms with Gasteiger partial charge in [0.05, 0.1) is 12.3 Å². The minimum atomic E-state index is -0.578. The van der Waals surface area contributed by atoms with Gasteiger partial charge in [-0.3, -0.25) is 0 Å². The summed E-state index contributed by atoms with van der Waals surface area (Å²) >= 11 is 0. The maximum atomic E-state index is 12.0. The number of aromatic nitrogens is 3. The van der Waals surface area contributed by atoms with Gasteiger partial charge in [0.15, 0.2) is 0 Å². The molecule has 3 rings (SSSR count). The van der Waals surface area contributed by atoms with Crippen LogP contribution in [0.15, 0.2) is 28.8 Å². The molecular formula is C19H22N4O3. The Labute approximate surface area is 151 Å². The van der Waals surface area contributed by atoms with Gasteiger partial charge in [0.1, 0.15) is 11.2 Å². The first kappa shape index (κ1) is 17.8. The van der Waals surface area contributed by atoms with Gasteiger partial charge in [-0.05, 0) is 32.3 Å². The molecule has 0 amide bonds. The van der Waals surface area contributed by atoms with Crippen molar-refractivity contribution < 1.29 is 14.1 Å². The van der Waals surface area contributed by atoms with Crippen LogP contribution in [0.1, 0.15) is 41.3 Å². The van der Waals surface area contributed by atoms with Crippen LogP contribution in [0.25, 0.3) is 11.1 Å². The van der Waals surface area contributed by atoms with Crippen molar-refractivity contribution >= 4 is 22.9 Å². The molecule has 0 radical (unpaired) electrons. The normalized spacial score (nSPS) is 10.9. The van der Waals surface area contributed by atoms with Gasteiger partial charge in [-0.25, -0.2) is 9.78 Å². The van der Waals surface area contributed by atoms with E-state index in [4.69, 9.17) is 9.26 Å². The average Bonchev–Trinajstić information content (AvgIpc) is 3.07. The number of carbonyl (C=O) groups excluding carboxylic acids is 1. The van der Waals surface area contributed by atoms with Gasteiger partial charge in [-0.2, -0.15) is 4.98 Å². The largest absolute Gasteiger partial charge is 0.460 e.